The van der Waals surface area contributed by atoms with Crippen LogP contribution in [0.2, 0.25) is 0 Å². The van der Waals surface area contributed by atoms with E-state index in [1.807, 2.05) is 6.07 Å². The number of nitrogens with zero attached hydrogens (tertiary/aromatic N) is 1. The summed E-state index contributed by atoms with van der Waals surface area (Å²) in [5.74, 6) is -1.01. The fourth-order valence-electron chi connectivity index (χ4n) is 2.33. The number of benzene rings is 1. The minimum atomic E-state index is -1.05. The molecule has 0 radical (unpaired) electrons. The lowest BCUT2D eigenvalue weighted by Crippen LogP contribution is -2.44. The van der Waals surface area contributed by atoms with Gasteiger partial charge in [0, 0.05) is 11.5 Å². The molecule has 0 spiro atoms. The van der Waals surface area contributed by atoms with Crippen LogP contribution in [0.1, 0.15) is 29.9 Å². The quantitative estimate of drug-likeness (QED) is 0.884. The van der Waals surface area contributed by atoms with Gasteiger partial charge in [0.1, 0.15) is 11.8 Å². The second-order valence-corrected chi connectivity index (χ2v) is 5.71. The van der Waals surface area contributed by atoms with Crippen molar-refractivity contribution in [3.8, 4) is 5.75 Å². The van der Waals surface area contributed by atoms with Crippen LogP contribution >= 0.6 is 0 Å². The molecule has 1 amide bonds. The first-order valence-corrected chi connectivity index (χ1v) is 7.32. The van der Waals surface area contributed by atoms with E-state index in [1.165, 1.54) is 0 Å². The first kappa shape index (κ1) is 16.7. The van der Waals surface area contributed by atoms with E-state index in [2.05, 4.69) is 10.3 Å². The standard InChI is InChI=1S/C17H20N2O4/c1-9(2)15(17(21)22)19-16(20)13-7-11-5-6-12(23-4)8-14(11)18-10(13)3/h5-9,15H,1-4H3,(H,19,20)(H,21,22). The van der Waals surface area contributed by atoms with E-state index < -0.39 is 17.9 Å². The van der Waals surface area contributed by atoms with Gasteiger partial charge in [-0.25, -0.2) is 4.79 Å². The van der Waals surface area contributed by atoms with Crippen molar-refractivity contribution in [2.75, 3.05) is 7.11 Å². The van der Waals surface area contributed by atoms with Crippen molar-refractivity contribution in [1.29, 1.82) is 0 Å². The molecule has 0 fully saturated rings. The summed E-state index contributed by atoms with van der Waals surface area (Å²) in [4.78, 5) is 28.1. The van der Waals surface area contributed by atoms with E-state index in [9.17, 15) is 14.7 Å². The van der Waals surface area contributed by atoms with Gasteiger partial charge in [0.2, 0.25) is 0 Å². The summed E-state index contributed by atoms with van der Waals surface area (Å²) in [6.07, 6.45) is 0. The monoisotopic (exact) mass is 316 g/mol. The molecule has 0 aliphatic carbocycles. The van der Waals surface area contributed by atoms with Crippen molar-refractivity contribution in [1.82, 2.24) is 10.3 Å². The van der Waals surface area contributed by atoms with Crippen molar-refractivity contribution in [3.05, 3.63) is 35.5 Å². The molecule has 0 bridgehead atoms. The smallest absolute Gasteiger partial charge is 0.326 e. The Balaban J connectivity index is 2.37. The number of methoxy groups -OCH3 is 1. The highest BCUT2D eigenvalue weighted by Crippen LogP contribution is 2.22. The number of carbonyl (C=O) groups excluding carboxylic acids is 1. The van der Waals surface area contributed by atoms with Gasteiger partial charge < -0.3 is 15.2 Å². The number of amides is 1. The minimum Gasteiger partial charge on any atom is -0.497 e. The average Bonchev–Trinajstić information content (AvgIpc) is 2.50. The van der Waals surface area contributed by atoms with Crippen LogP contribution in [-0.4, -0.2) is 35.1 Å². The number of nitrogens with one attached hydrogen (secondary N) is 1. The van der Waals surface area contributed by atoms with Crippen molar-refractivity contribution in [2.45, 2.75) is 26.8 Å². The van der Waals surface area contributed by atoms with Gasteiger partial charge in [-0.05, 0) is 31.0 Å². The number of ether oxygens (including phenoxy) is 1. The highest BCUT2D eigenvalue weighted by atomic mass is 16.5. The SMILES string of the molecule is COc1ccc2cc(C(=O)NC(C(=O)O)C(C)C)c(C)nc2c1. The largest absolute Gasteiger partial charge is 0.497 e. The maximum absolute atomic E-state index is 12.4. The maximum atomic E-state index is 12.4. The number of carboxylic acid groups (broad SMARTS) is 1. The van der Waals surface area contributed by atoms with Crippen LogP contribution in [0.25, 0.3) is 10.9 Å². The van der Waals surface area contributed by atoms with Crippen LogP contribution in [-0.2, 0) is 4.79 Å². The minimum absolute atomic E-state index is 0.213. The molecule has 122 valence electrons. The van der Waals surface area contributed by atoms with Crippen LogP contribution in [0.15, 0.2) is 24.3 Å². The Morgan fingerprint density at radius 2 is 1.96 bits per heavy atom. The van der Waals surface area contributed by atoms with Crippen LogP contribution in [0.5, 0.6) is 5.75 Å². The normalized spacial score (nSPS) is 12.2. The Morgan fingerprint density at radius 3 is 2.52 bits per heavy atom. The number of carboxylic acids is 1. The second-order valence-electron chi connectivity index (χ2n) is 5.71. The number of aromatic nitrogens is 1. The number of carbonyl (C=O) groups is 2. The number of fused-ring (bicyclic) bond motifs is 1. The van der Waals surface area contributed by atoms with Gasteiger partial charge in [-0.2, -0.15) is 0 Å². The number of rotatable bonds is 5. The lowest BCUT2D eigenvalue weighted by Gasteiger charge is -2.18. The third kappa shape index (κ3) is 3.59. The molecule has 23 heavy (non-hydrogen) atoms. The zero-order valence-corrected chi connectivity index (χ0v) is 13.6. The molecule has 6 heteroatoms. The highest BCUT2D eigenvalue weighted by Gasteiger charge is 2.25. The van der Waals surface area contributed by atoms with Gasteiger partial charge in [0.15, 0.2) is 0 Å². The zero-order chi connectivity index (χ0) is 17.1. The number of aliphatic carboxylic acids is 1. The summed E-state index contributed by atoms with van der Waals surface area (Å²) in [7, 11) is 1.58. The molecular formula is C17H20N2O4. The van der Waals surface area contributed by atoms with Gasteiger partial charge in [-0.3, -0.25) is 9.78 Å². The fraction of sp³-hybridized carbons (Fsp3) is 0.353. The molecule has 1 aromatic carbocycles. The molecule has 1 aromatic heterocycles. The Morgan fingerprint density at radius 1 is 1.26 bits per heavy atom. The molecule has 1 unspecified atom stereocenters. The lowest BCUT2D eigenvalue weighted by atomic mass is 10.0. The van der Waals surface area contributed by atoms with E-state index >= 15 is 0 Å². The maximum Gasteiger partial charge on any atom is 0.326 e. The van der Waals surface area contributed by atoms with Gasteiger partial charge in [0.25, 0.3) is 5.91 Å². The fourth-order valence-corrected chi connectivity index (χ4v) is 2.33. The van der Waals surface area contributed by atoms with Crippen molar-refractivity contribution in [3.63, 3.8) is 0 Å². The second kappa shape index (κ2) is 6.64. The van der Waals surface area contributed by atoms with Crippen molar-refractivity contribution >= 4 is 22.8 Å². The Bertz CT molecular complexity index is 756. The van der Waals surface area contributed by atoms with Crippen LogP contribution in [0.3, 0.4) is 0 Å². The summed E-state index contributed by atoms with van der Waals surface area (Å²) in [6.45, 7) is 5.21. The predicted octanol–water partition coefficient (Wildman–Crippen LogP) is 2.39. The molecule has 2 aromatic rings. The molecule has 6 nitrogen and oxygen atoms in total. The molecule has 0 aliphatic heterocycles. The highest BCUT2D eigenvalue weighted by molar-refractivity contribution is 6.00. The molecule has 2 N–H and O–H groups in total. The number of hydrogen-bond acceptors (Lipinski definition) is 4. The van der Waals surface area contributed by atoms with Crippen molar-refractivity contribution < 1.29 is 19.4 Å². The lowest BCUT2D eigenvalue weighted by molar-refractivity contribution is -0.140. The van der Waals surface area contributed by atoms with Crippen molar-refractivity contribution in [2.24, 2.45) is 5.92 Å². The Labute approximate surface area is 134 Å². The molecule has 0 aliphatic rings. The zero-order valence-electron chi connectivity index (χ0n) is 13.6. The summed E-state index contributed by atoms with van der Waals surface area (Å²) >= 11 is 0. The number of aryl methyl sites for hydroxylation is 1. The van der Waals surface area contributed by atoms with E-state index in [4.69, 9.17) is 4.74 Å². The topological polar surface area (TPSA) is 88.5 Å². The van der Waals surface area contributed by atoms with Crippen LogP contribution in [0, 0.1) is 12.8 Å². The third-order valence-electron chi connectivity index (χ3n) is 3.68. The first-order valence-electron chi connectivity index (χ1n) is 7.32. The number of hydrogen-bond donors (Lipinski definition) is 2. The van der Waals surface area contributed by atoms with E-state index in [-0.39, 0.29) is 5.92 Å². The van der Waals surface area contributed by atoms with E-state index in [1.54, 1.807) is 46.1 Å². The van der Waals surface area contributed by atoms with Gasteiger partial charge in [0.05, 0.1) is 23.9 Å². The molecule has 1 heterocycles. The molecule has 0 saturated heterocycles. The Hall–Kier alpha value is -2.63. The molecule has 0 saturated carbocycles. The summed E-state index contributed by atoms with van der Waals surface area (Å²) < 4.78 is 5.16. The third-order valence-corrected chi connectivity index (χ3v) is 3.68. The number of pyridine rings is 1. The molecule has 2 rings (SSSR count). The average molecular weight is 316 g/mol. The predicted molar refractivity (Wildman–Crippen MR) is 86.8 cm³/mol. The van der Waals surface area contributed by atoms with Gasteiger partial charge >= 0.3 is 5.97 Å². The van der Waals surface area contributed by atoms with Crippen LogP contribution < -0.4 is 10.1 Å². The molecular weight excluding hydrogens is 296 g/mol. The Kier molecular flexibility index (Phi) is 4.83. The summed E-state index contributed by atoms with van der Waals surface area (Å²) in [6, 6.07) is 6.17. The van der Waals surface area contributed by atoms with E-state index in [0.717, 1.165) is 10.9 Å². The molecule has 1 atom stereocenters. The van der Waals surface area contributed by atoms with Crippen LogP contribution in [0.4, 0.5) is 0 Å². The van der Waals surface area contributed by atoms with Gasteiger partial charge in [-0.1, -0.05) is 13.8 Å². The first-order chi connectivity index (χ1) is 10.8. The summed E-state index contributed by atoms with van der Waals surface area (Å²) in [5.41, 5.74) is 1.63. The summed E-state index contributed by atoms with van der Waals surface area (Å²) in [5, 5.41) is 12.5. The van der Waals surface area contributed by atoms with Gasteiger partial charge in [-0.15, -0.1) is 0 Å². The van der Waals surface area contributed by atoms with E-state index in [0.29, 0.717) is 17.0 Å².